The van der Waals surface area contributed by atoms with Crippen molar-refractivity contribution in [2.45, 2.75) is 32.9 Å². The Morgan fingerprint density at radius 2 is 1.72 bits per heavy atom. The van der Waals surface area contributed by atoms with Gasteiger partial charge in [0.2, 0.25) is 0 Å². The van der Waals surface area contributed by atoms with Gasteiger partial charge in [0.15, 0.2) is 0 Å². The highest BCUT2D eigenvalue weighted by Gasteiger charge is 2.44. The van der Waals surface area contributed by atoms with Gasteiger partial charge in [0.25, 0.3) is 0 Å². The maximum atomic E-state index is 13.5. The van der Waals surface area contributed by atoms with Crippen LogP contribution in [-0.4, -0.2) is 25.2 Å². The molecule has 202 valence electrons. The van der Waals surface area contributed by atoms with E-state index in [9.17, 15) is 28.0 Å². The van der Waals surface area contributed by atoms with E-state index in [2.05, 4.69) is 0 Å². The monoisotopic (exact) mass is 539 g/mol. The number of rotatable bonds is 6. The Hall–Kier alpha value is -4.72. The van der Waals surface area contributed by atoms with Gasteiger partial charge in [-0.2, -0.15) is 18.4 Å². The summed E-state index contributed by atoms with van der Waals surface area (Å²) in [4.78, 5) is 27.9. The van der Waals surface area contributed by atoms with Gasteiger partial charge in [-0.05, 0) is 63.2 Å². The van der Waals surface area contributed by atoms with Crippen LogP contribution in [0.3, 0.4) is 0 Å². The molecular formula is C28H24F3N3O5. The second-order valence-corrected chi connectivity index (χ2v) is 8.57. The summed E-state index contributed by atoms with van der Waals surface area (Å²) in [5, 5.41) is 9.80. The normalized spacial score (nSPS) is 15.9. The molecule has 8 nitrogen and oxygen atoms in total. The Morgan fingerprint density at radius 1 is 1.05 bits per heavy atom. The number of hydrogen-bond acceptors (Lipinski definition) is 8. The average molecular weight is 540 g/mol. The van der Waals surface area contributed by atoms with Gasteiger partial charge in [0.1, 0.15) is 17.2 Å². The Kier molecular flexibility index (Phi) is 7.40. The van der Waals surface area contributed by atoms with Gasteiger partial charge in [-0.25, -0.2) is 9.59 Å². The quantitative estimate of drug-likeness (QED) is 0.408. The summed E-state index contributed by atoms with van der Waals surface area (Å²) < 4.78 is 57.1. The largest absolute Gasteiger partial charge is 0.463 e. The molecule has 2 N–H and O–H groups in total. The molecular weight excluding hydrogens is 515 g/mol. The fourth-order valence-electron chi connectivity index (χ4n) is 4.54. The van der Waals surface area contributed by atoms with Gasteiger partial charge in [0.05, 0.1) is 47.5 Å². The number of anilines is 1. The van der Waals surface area contributed by atoms with Gasteiger partial charge in [-0.1, -0.05) is 6.07 Å². The van der Waals surface area contributed by atoms with E-state index in [0.29, 0.717) is 16.5 Å². The second kappa shape index (κ2) is 10.6. The van der Waals surface area contributed by atoms with Crippen molar-refractivity contribution in [3.05, 3.63) is 88.1 Å². The van der Waals surface area contributed by atoms with Crippen LogP contribution in [0.4, 0.5) is 18.9 Å². The zero-order chi connectivity index (χ0) is 28.5. The molecule has 0 amide bonds. The number of hydrogen-bond donors (Lipinski definition) is 1. The van der Waals surface area contributed by atoms with Crippen molar-refractivity contribution < 1.29 is 36.7 Å². The molecule has 1 aliphatic rings. The fourth-order valence-corrected chi connectivity index (χ4v) is 4.54. The number of carbonyl (C=O) groups excluding carboxylic acids is 2. The highest BCUT2D eigenvalue weighted by atomic mass is 19.4. The molecule has 11 heteroatoms. The lowest BCUT2D eigenvalue weighted by Crippen LogP contribution is -2.39. The van der Waals surface area contributed by atoms with Crippen molar-refractivity contribution in [3.8, 4) is 6.07 Å². The average Bonchev–Trinajstić information content (AvgIpc) is 3.31. The number of nitriles is 1. The molecule has 0 saturated heterocycles. The van der Waals surface area contributed by atoms with E-state index in [1.54, 1.807) is 38.1 Å². The van der Waals surface area contributed by atoms with Crippen molar-refractivity contribution in [3.63, 3.8) is 0 Å². The molecule has 0 spiro atoms. The Morgan fingerprint density at radius 3 is 2.33 bits per heavy atom. The lowest BCUT2D eigenvalue weighted by Gasteiger charge is -2.36. The van der Waals surface area contributed by atoms with E-state index < -0.39 is 29.6 Å². The van der Waals surface area contributed by atoms with Crippen LogP contribution < -0.4 is 10.6 Å². The van der Waals surface area contributed by atoms with Crippen molar-refractivity contribution in [1.82, 2.24) is 0 Å². The summed E-state index contributed by atoms with van der Waals surface area (Å²) in [5.74, 6) is -3.00. The number of ether oxygens (including phenoxy) is 2. The second-order valence-electron chi connectivity index (χ2n) is 8.57. The van der Waals surface area contributed by atoms with Crippen molar-refractivity contribution in [2.24, 2.45) is 5.73 Å². The number of furan rings is 1. The molecule has 0 radical (unpaired) electrons. The van der Waals surface area contributed by atoms with E-state index in [-0.39, 0.29) is 47.3 Å². The molecule has 1 aromatic heterocycles. The van der Waals surface area contributed by atoms with Gasteiger partial charge < -0.3 is 24.5 Å². The van der Waals surface area contributed by atoms with Crippen LogP contribution in [-0.2, 0) is 25.2 Å². The number of allylic oxidation sites excluding steroid dienone is 1. The highest BCUT2D eigenvalue weighted by molar-refractivity contribution is 6.01. The molecule has 0 aliphatic carbocycles. The maximum absolute atomic E-state index is 13.5. The first-order valence-corrected chi connectivity index (χ1v) is 12.0. The standard InChI is InChI=1S/C28H24F3N3O5/c1-4-37-26(35)22-15(3)34(19-8-6-7-18(13-19)28(29,30)31)25(33)24(27(36)38-5-2)23(22)21-12-17-11-16(14-32)9-10-20(17)39-21/h6-13,23H,4-5,33H2,1-3H3. The minimum Gasteiger partial charge on any atom is -0.463 e. The lowest BCUT2D eigenvalue weighted by molar-refractivity contribution is -0.140. The van der Waals surface area contributed by atoms with Crippen molar-refractivity contribution in [2.75, 3.05) is 18.1 Å². The number of alkyl halides is 3. The van der Waals surface area contributed by atoms with Gasteiger partial charge in [-0.3, -0.25) is 0 Å². The predicted octanol–water partition coefficient (Wildman–Crippen LogP) is 5.50. The van der Waals surface area contributed by atoms with Gasteiger partial charge in [0, 0.05) is 16.8 Å². The number of nitrogens with zero attached hydrogens (tertiary/aromatic N) is 2. The molecule has 39 heavy (non-hydrogen) atoms. The summed E-state index contributed by atoms with van der Waals surface area (Å²) in [6.45, 7) is 4.62. The maximum Gasteiger partial charge on any atom is 0.416 e. The number of carbonyl (C=O) groups is 2. The smallest absolute Gasteiger partial charge is 0.416 e. The summed E-state index contributed by atoms with van der Waals surface area (Å²) in [5.41, 5.74) is 6.15. The Balaban J connectivity index is 2.01. The van der Waals surface area contributed by atoms with E-state index in [0.717, 1.165) is 12.1 Å². The van der Waals surface area contributed by atoms with Crippen LogP contribution in [0, 0.1) is 11.3 Å². The summed E-state index contributed by atoms with van der Waals surface area (Å²) in [6.07, 6.45) is -4.64. The SMILES string of the molecule is CCOC(=O)C1=C(C)N(c2cccc(C(F)(F)F)c2)C(N)=C(C(=O)OCC)C1c1cc2cc(C#N)ccc2o1. The highest BCUT2D eigenvalue weighted by Crippen LogP contribution is 2.45. The first-order valence-electron chi connectivity index (χ1n) is 12.0. The van der Waals surface area contributed by atoms with E-state index >= 15 is 0 Å². The number of halogens is 3. The van der Waals surface area contributed by atoms with Crippen LogP contribution in [0.5, 0.6) is 0 Å². The number of nitrogens with two attached hydrogens (primary N) is 1. The van der Waals surface area contributed by atoms with E-state index in [1.807, 2.05) is 6.07 Å². The van der Waals surface area contributed by atoms with Crippen LogP contribution in [0.15, 0.2) is 75.6 Å². The number of benzene rings is 2. The third-order valence-electron chi connectivity index (χ3n) is 6.19. The van der Waals surface area contributed by atoms with Crippen molar-refractivity contribution >= 4 is 28.6 Å². The minimum absolute atomic E-state index is 0.00844. The molecule has 2 aromatic carbocycles. The molecule has 1 aliphatic heterocycles. The minimum atomic E-state index is -4.64. The zero-order valence-electron chi connectivity index (χ0n) is 21.3. The molecule has 2 heterocycles. The third-order valence-corrected chi connectivity index (χ3v) is 6.19. The topological polar surface area (TPSA) is 119 Å². The Bertz CT molecular complexity index is 1520. The number of esters is 2. The van der Waals surface area contributed by atoms with Crippen molar-refractivity contribution in [1.29, 1.82) is 5.26 Å². The third kappa shape index (κ3) is 5.05. The predicted molar refractivity (Wildman–Crippen MR) is 135 cm³/mol. The number of fused-ring (bicyclic) bond motifs is 1. The molecule has 0 bridgehead atoms. The van der Waals surface area contributed by atoms with Crippen LogP contribution in [0.2, 0.25) is 0 Å². The first-order chi connectivity index (χ1) is 18.5. The molecule has 1 atom stereocenters. The summed E-state index contributed by atoms with van der Waals surface area (Å²) >= 11 is 0. The summed E-state index contributed by atoms with van der Waals surface area (Å²) in [6, 6.07) is 12.7. The first kappa shape index (κ1) is 27.3. The Labute approximate surface area is 221 Å². The fraction of sp³-hybridized carbons (Fsp3) is 0.250. The van der Waals surface area contributed by atoms with Gasteiger partial charge in [-0.15, -0.1) is 0 Å². The molecule has 1 unspecified atom stereocenters. The molecule has 3 aromatic rings. The lowest BCUT2D eigenvalue weighted by atomic mass is 9.83. The summed E-state index contributed by atoms with van der Waals surface area (Å²) in [7, 11) is 0. The molecule has 0 saturated carbocycles. The van der Waals surface area contributed by atoms with Crippen LogP contribution in [0.25, 0.3) is 11.0 Å². The zero-order valence-corrected chi connectivity index (χ0v) is 21.3. The van der Waals surface area contributed by atoms with Gasteiger partial charge >= 0.3 is 18.1 Å². The van der Waals surface area contributed by atoms with E-state index in [4.69, 9.17) is 19.6 Å². The van der Waals surface area contributed by atoms with Crippen LogP contribution in [0.1, 0.15) is 43.6 Å². The molecule has 4 rings (SSSR count). The van der Waals surface area contributed by atoms with Crippen LogP contribution >= 0.6 is 0 Å². The van der Waals surface area contributed by atoms with E-state index in [1.165, 1.54) is 24.0 Å². The molecule has 0 fully saturated rings.